The molecular weight excluding hydrogens is 500 g/mol. The average molecular weight is 529 g/mol. The number of Topliss-reactive ketones (excluding diaryl/α,β-unsaturated/α-hetero) is 1. The fourth-order valence-corrected chi connectivity index (χ4v) is 5.68. The molecule has 1 aliphatic rings. The van der Waals surface area contributed by atoms with E-state index in [9.17, 15) is 19.8 Å². The van der Waals surface area contributed by atoms with Crippen LogP contribution >= 0.6 is 11.3 Å². The van der Waals surface area contributed by atoms with Gasteiger partial charge in [0.05, 0.1) is 27.9 Å². The van der Waals surface area contributed by atoms with Crippen LogP contribution in [0.5, 0.6) is 11.5 Å². The Hall–Kier alpha value is -4.17. The molecule has 2 N–H and O–H groups in total. The summed E-state index contributed by atoms with van der Waals surface area (Å²) in [6, 6.07) is 16.4. The van der Waals surface area contributed by atoms with E-state index in [0.29, 0.717) is 22.0 Å². The number of carbonyl (C=O) groups is 2. The van der Waals surface area contributed by atoms with E-state index >= 15 is 0 Å². The number of nitrogens with zero attached hydrogens (tertiary/aromatic N) is 2. The number of thiazole rings is 1. The van der Waals surface area contributed by atoms with Crippen molar-refractivity contribution in [3.63, 3.8) is 0 Å². The summed E-state index contributed by atoms with van der Waals surface area (Å²) in [7, 11) is 0. The molecule has 0 spiro atoms. The van der Waals surface area contributed by atoms with Gasteiger partial charge in [-0.15, -0.1) is 0 Å². The Morgan fingerprint density at radius 3 is 2.47 bits per heavy atom. The molecule has 1 fully saturated rings. The van der Waals surface area contributed by atoms with Gasteiger partial charge >= 0.3 is 5.91 Å². The van der Waals surface area contributed by atoms with Crippen molar-refractivity contribution in [1.82, 2.24) is 4.98 Å². The molecule has 1 unspecified atom stereocenters. The highest BCUT2D eigenvalue weighted by Crippen LogP contribution is 2.44. The maximum absolute atomic E-state index is 13.5. The Labute approximate surface area is 224 Å². The quantitative estimate of drug-likeness (QED) is 0.173. The number of benzene rings is 3. The van der Waals surface area contributed by atoms with Crippen LogP contribution in [-0.2, 0) is 16.0 Å². The number of phenols is 1. The van der Waals surface area contributed by atoms with Crippen molar-refractivity contribution in [2.75, 3.05) is 4.90 Å². The number of phenolic OH excluding ortho intramolecular Hbond substituents is 1. The summed E-state index contributed by atoms with van der Waals surface area (Å²) in [5.41, 5.74) is 3.59. The maximum Gasteiger partial charge on any atom is 0.301 e. The van der Waals surface area contributed by atoms with Crippen molar-refractivity contribution in [1.29, 1.82) is 0 Å². The van der Waals surface area contributed by atoms with Gasteiger partial charge in [0, 0.05) is 5.56 Å². The number of ether oxygens (including phenoxy) is 1. The molecule has 0 saturated carbocycles. The number of ketones is 1. The van der Waals surface area contributed by atoms with E-state index in [2.05, 4.69) is 11.9 Å². The van der Waals surface area contributed by atoms with E-state index in [-0.39, 0.29) is 23.2 Å². The summed E-state index contributed by atoms with van der Waals surface area (Å²) in [4.78, 5) is 33.0. The van der Waals surface area contributed by atoms with Crippen molar-refractivity contribution < 1.29 is 24.5 Å². The first-order valence-electron chi connectivity index (χ1n) is 12.4. The van der Waals surface area contributed by atoms with Crippen LogP contribution in [-0.4, -0.2) is 33.0 Å². The molecule has 4 aromatic rings. The lowest BCUT2D eigenvalue weighted by Crippen LogP contribution is -2.29. The van der Waals surface area contributed by atoms with Gasteiger partial charge in [-0.1, -0.05) is 36.5 Å². The molecule has 38 heavy (non-hydrogen) atoms. The molecule has 1 aliphatic heterocycles. The zero-order valence-electron chi connectivity index (χ0n) is 21.6. The zero-order valence-corrected chi connectivity index (χ0v) is 22.4. The molecule has 5 rings (SSSR count). The molecule has 0 bridgehead atoms. The minimum absolute atomic E-state index is 0.0183. The van der Waals surface area contributed by atoms with Crippen LogP contribution in [0.1, 0.15) is 49.1 Å². The first-order valence-corrected chi connectivity index (χ1v) is 13.3. The Kier molecular flexibility index (Phi) is 6.67. The number of aliphatic hydroxyl groups is 1. The van der Waals surface area contributed by atoms with Crippen molar-refractivity contribution in [3.05, 3.63) is 88.5 Å². The third-order valence-corrected chi connectivity index (χ3v) is 7.54. The molecule has 194 valence electrons. The third-order valence-electron chi connectivity index (χ3n) is 6.52. The number of rotatable bonds is 6. The van der Waals surface area contributed by atoms with Gasteiger partial charge in [0.2, 0.25) is 0 Å². The number of aliphatic hydroxyl groups excluding tert-OH is 1. The highest BCUT2D eigenvalue weighted by atomic mass is 32.1. The Morgan fingerprint density at radius 1 is 1.08 bits per heavy atom. The SMILES string of the molecule is CCc1ccc2nc(N3C(=O)C(=O)/C(=C(/O)c4ccc(OC(C)C)c(C)c4)C3c3ccc(O)cc3)sc2c1. The van der Waals surface area contributed by atoms with Gasteiger partial charge in [0.25, 0.3) is 5.78 Å². The van der Waals surface area contributed by atoms with Crippen LogP contribution in [0.2, 0.25) is 0 Å². The predicted molar refractivity (Wildman–Crippen MR) is 149 cm³/mol. The van der Waals surface area contributed by atoms with Gasteiger partial charge in [-0.3, -0.25) is 14.5 Å². The number of anilines is 1. The minimum atomic E-state index is -0.922. The Morgan fingerprint density at radius 2 is 1.82 bits per heavy atom. The lowest BCUT2D eigenvalue weighted by molar-refractivity contribution is -0.132. The summed E-state index contributed by atoms with van der Waals surface area (Å²) in [6.45, 7) is 7.78. The molecule has 1 amide bonds. The zero-order chi connectivity index (χ0) is 27.1. The van der Waals surface area contributed by atoms with E-state index in [1.54, 1.807) is 30.3 Å². The normalized spacial score (nSPS) is 17.1. The third kappa shape index (κ3) is 4.52. The summed E-state index contributed by atoms with van der Waals surface area (Å²) in [5, 5.41) is 21.7. The van der Waals surface area contributed by atoms with Crippen LogP contribution in [0, 0.1) is 6.92 Å². The van der Waals surface area contributed by atoms with Crippen molar-refractivity contribution in [2.45, 2.75) is 46.3 Å². The lowest BCUT2D eigenvalue weighted by atomic mass is 9.95. The molecule has 1 atom stereocenters. The van der Waals surface area contributed by atoms with Gasteiger partial charge in [-0.2, -0.15) is 0 Å². The first kappa shape index (κ1) is 25.5. The number of carbonyl (C=O) groups excluding carboxylic acids is 2. The number of fused-ring (bicyclic) bond motifs is 1. The molecule has 8 heteroatoms. The van der Waals surface area contributed by atoms with E-state index in [1.165, 1.54) is 28.4 Å². The van der Waals surface area contributed by atoms with Gasteiger partial charge in [-0.05, 0) is 86.3 Å². The highest BCUT2D eigenvalue weighted by Gasteiger charge is 2.48. The number of hydrogen-bond acceptors (Lipinski definition) is 7. The molecule has 3 aromatic carbocycles. The van der Waals surface area contributed by atoms with Crippen LogP contribution in [0.4, 0.5) is 5.13 Å². The van der Waals surface area contributed by atoms with E-state index in [1.807, 2.05) is 39.0 Å². The van der Waals surface area contributed by atoms with Gasteiger partial charge in [0.15, 0.2) is 5.13 Å². The van der Waals surface area contributed by atoms with Crippen LogP contribution in [0.15, 0.2) is 66.2 Å². The van der Waals surface area contributed by atoms with Gasteiger partial charge < -0.3 is 14.9 Å². The van der Waals surface area contributed by atoms with Crippen molar-refractivity contribution in [2.24, 2.45) is 0 Å². The lowest BCUT2D eigenvalue weighted by Gasteiger charge is -2.23. The summed E-state index contributed by atoms with van der Waals surface area (Å²) in [6.07, 6.45) is 0.844. The molecule has 0 radical (unpaired) electrons. The minimum Gasteiger partial charge on any atom is -0.508 e. The molecule has 2 heterocycles. The standard InChI is InChI=1S/C30H28N2O5S/c1-5-18-6-12-22-24(15-18)38-30(31-22)32-26(19-7-10-21(33)11-8-19)25(28(35)29(32)36)27(34)20-9-13-23(17(4)14-20)37-16(2)3/h6-16,26,33-34H,5H2,1-4H3/b27-25+. The van der Waals surface area contributed by atoms with E-state index < -0.39 is 17.7 Å². The smallest absolute Gasteiger partial charge is 0.301 e. The first-order chi connectivity index (χ1) is 18.2. The van der Waals surface area contributed by atoms with Crippen molar-refractivity contribution in [3.8, 4) is 11.5 Å². The topological polar surface area (TPSA) is 100.0 Å². The van der Waals surface area contributed by atoms with E-state index in [0.717, 1.165) is 27.8 Å². The second kappa shape index (κ2) is 9.95. The Balaban J connectivity index is 1.67. The number of aromatic hydroxyl groups is 1. The monoisotopic (exact) mass is 528 g/mol. The molecule has 1 aromatic heterocycles. The summed E-state index contributed by atoms with van der Waals surface area (Å²) < 4.78 is 6.71. The fraction of sp³-hybridized carbons (Fsp3) is 0.233. The number of aromatic nitrogens is 1. The van der Waals surface area contributed by atoms with Gasteiger partial charge in [0.1, 0.15) is 17.3 Å². The summed E-state index contributed by atoms with van der Waals surface area (Å²) in [5.74, 6) is -1.12. The number of aryl methyl sites for hydroxylation is 2. The number of amides is 1. The molecular formula is C30H28N2O5S. The highest BCUT2D eigenvalue weighted by molar-refractivity contribution is 7.22. The predicted octanol–water partition coefficient (Wildman–Crippen LogP) is 6.29. The number of hydrogen-bond donors (Lipinski definition) is 2. The molecule has 0 aliphatic carbocycles. The van der Waals surface area contributed by atoms with Crippen LogP contribution in [0.3, 0.4) is 0 Å². The van der Waals surface area contributed by atoms with Crippen LogP contribution in [0.25, 0.3) is 16.0 Å². The molecule has 1 saturated heterocycles. The maximum atomic E-state index is 13.5. The average Bonchev–Trinajstić information content (AvgIpc) is 3.42. The van der Waals surface area contributed by atoms with Gasteiger partial charge in [-0.25, -0.2) is 4.98 Å². The molecule has 7 nitrogen and oxygen atoms in total. The second-order valence-corrected chi connectivity index (χ2v) is 10.6. The van der Waals surface area contributed by atoms with Crippen molar-refractivity contribution >= 4 is 44.1 Å². The largest absolute Gasteiger partial charge is 0.508 e. The summed E-state index contributed by atoms with van der Waals surface area (Å²) >= 11 is 1.32. The Bertz CT molecular complexity index is 1590. The van der Waals surface area contributed by atoms with E-state index in [4.69, 9.17) is 4.74 Å². The fourth-order valence-electron chi connectivity index (χ4n) is 4.62. The second-order valence-electron chi connectivity index (χ2n) is 9.56. The van der Waals surface area contributed by atoms with Crippen LogP contribution < -0.4 is 9.64 Å².